The first-order valence-electron chi connectivity index (χ1n) is 30.2. The number of allylic oxidation sites excluding steroid dienone is 22. The highest BCUT2D eigenvalue weighted by Gasteiger charge is 2.19. The number of ether oxygens (including phenoxy) is 3. The van der Waals surface area contributed by atoms with E-state index in [2.05, 4.69) is 154 Å². The third kappa shape index (κ3) is 58.4. The van der Waals surface area contributed by atoms with Crippen molar-refractivity contribution >= 4 is 17.9 Å². The Balaban J connectivity index is 4.49. The fraction of sp³-hybridized carbons (Fsp3) is 0.632. The van der Waals surface area contributed by atoms with Crippen molar-refractivity contribution < 1.29 is 28.6 Å². The van der Waals surface area contributed by atoms with Crippen molar-refractivity contribution in [2.24, 2.45) is 0 Å². The van der Waals surface area contributed by atoms with E-state index in [1.165, 1.54) is 83.5 Å². The number of carbonyl (C=O) groups excluding carboxylic acids is 3. The van der Waals surface area contributed by atoms with Crippen LogP contribution in [0.15, 0.2) is 134 Å². The smallest absolute Gasteiger partial charge is 0.306 e. The number of hydrogen-bond acceptors (Lipinski definition) is 6. The van der Waals surface area contributed by atoms with E-state index < -0.39 is 6.10 Å². The summed E-state index contributed by atoms with van der Waals surface area (Å²) in [6, 6.07) is 0. The van der Waals surface area contributed by atoms with Crippen LogP contribution in [0.25, 0.3) is 0 Å². The quantitative estimate of drug-likeness (QED) is 0.0261. The average molecular weight is 1020 g/mol. The zero-order chi connectivity index (χ0) is 53.6. The number of hydrogen-bond donors (Lipinski definition) is 0. The average Bonchev–Trinajstić information content (AvgIpc) is 3.40. The number of esters is 3. The normalized spacial score (nSPS) is 13.1. The van der Waals surface area contributed by atoms with E-state index >= 15 is 0 Å². The van der Waals surface area contributed by atoms with E-state index in [4.69, 9.17) is 14.2 Å². The van der Waals surface area contributed by atoms with Crippen molar-refractivity contribution in [1.82, 2.24) is 0 Å². The van der Waals surface area contributed by atoms with Crippen molar-refractivity contribution in [2.75, 3.05) is 13.2 Å². The van der Waals surface area contributed by atoms with Crippen LogP contribution in [-0.4, -0.2) is 37.2 Å². The number of carbonyl (C=O) groups is 3. The van der Waals surface area contributed by atoms with Crippen molar-refractivity contribution in [2.45, 2.75) is 264 Å². The predicted molar refractivity (Wildman–Crippen MR) is 320 cm³/mol. The highest BCUT2D eigenvalue weighted by Crippen LogP contribution is 2.14. The Hall–Kier alpha value is -4.45. The summed E-state index contributed by atoms with van der Waals surface area (Å²) < 4.78 is 16.8. The Labute approximate surface area is 455 Å². The highest BCUT2D eigenvalue weighted by molar-refractivity contribution is 5.71. The fourth-order valence-corrected chi connectivity index (χ4v) is 7.91. The van der Waals surface area contributed by atoms with Gasteiger partial charge in [-0.2, -0.15) is 0 Å². The molecule has 0 aliphatic rings. The molecule has 0 rings (SSSR count). The minimum Gasteiger partial charge on any atom is -0.462 e. The molecule has 0 saturated carbocycles. The first-order valence-corrected chi connectivity index (χ1v) is 30.2. The molecule has 0 aromatic carbocycles. The van der Waals surface area contributed by atoms with Crippen LogP contribution in [0.4, 0.5) is 0 Å². The summed E-state index contributed by atoms with van der Waals surface area (Å²) in [5.74, 6) is -0.991. The van der Waals surface area contributed by atoms with Gasteiger partial charge < -0.3 is 14.2 Å². The maximum atomic E-state index is 12.9. The summed E-state index contributed by atoms with van der Waals surface area (Å²) >= 11 is 0. The second-order valence-corrected chi connectivity index (χ2v) is 19.5. The van der Waals surface area contributed by atoms with E-state index in [0.717, 1.165) is 128 Å². The Morgan fingerprint density at radius 3 is 0.878 bits per heavy atom. The van der Waals surface area contributed by atoms with Crippen LogP contribution >= 0.6 is 0 Å². The summed E-state index contributed by atoms with van der Waals surface area (Å²) in [7, 11) is 0. The molecule has 0 saturated heterocycles. The van der Waals surface area contributed by atoms with E-state index in [1.807, 2.05) is 0 Å². The molecule has 0 aliphatic heterocycles. The van der Waals surface area contributed by atoms with Crippen molar-refractivity contribution in [3.8, 4) is 0 Å². The Morgan fingerprint density at radius 1 is 0.284 bits per heavy atom. The summed E-state index contributed by atoms with van der Waals surface area (Å²) in [5.41, 5.74) is 0. The minimum absolute atomic E-state index is 0.112. The van der Waals surface area contributed by atoms with E-state index in [-0.39, 0.29) is 37.5 Å². The van der Waals surface area contributed by atoms with Gasteiger partial charge in [0.15, 0.2) is 6.10 Å². The lowest BCUT2D eigenvalue weighted by Crippen LogP contribution is -2.30. The van der Waals surface area contributed by atoms with E-state index in [1.54, 1.807) is 0 Å². The molecule has 418 valence electrons. The van der Waals surface area contributed by atoms with Gasteiger partial charge in [-0.05, 0) is 128 Å². The standard InChI is InChI=1S/C68H110O6/c1-4-7-10-13-16-19-22-25-28-31-32-33-34-35-36-38-40-43-46-49-52-55-58-61-67(70)73-64-65(63-72-66(69)60-57-54-51-48-45-42-39-30-27-24-21-18-15-12-9-6-3)74-68(71)62-59-56-53-50-47-44-41-37-29-26-23-20-17-14-11-8-5-2/h7-8,10-11,16-17,19-20,25-26,28-30,32-33,35-36,39,41,44,50,53,65H,4-6,9,12-15,18,21-24,27,31,34,37-38,40,42-43,45-49,51-52,54-64H2,1-3H3/b10-7-,11-8-,19-16-,20-17-,28-25-,29-26-,33-32-,36-35-,39-30-,44-41-,53-50-. The van der Waals surface area contributed by atoms with Crippen LogP contribution in [0.2, 0.25) is 0 Å². The van der Waals surface area contributed by atoms with Crippen LogP contribution in [0.3, 0.4) is 0 Å². The van der Waals surface area contributed by atoms with Crippen LogP contribution < -0.4 is 0 Å². The zero-order valence-electron chi connectivity index (χ0n) is 47.8. The molecule has 0 bridgehead atoms. The van der Waals surface area contributed by atoms with Gasteiger partial charge in [0.25, 0.3) is 0 Å². The van der Waals surface area contributed by atoms with Crippen molar-refractivity contribution in [3.63, 3.8) is 0 Å². The maximum absolute atomic E-state index is 12.9. The van der Waals surface area contributed by atoms with Gasteiger partial charge in [0, 0.05) is 19.3 Å². The molecular weight excluding hydrogens is 913 g/mol. The summed E-state index contributed by atoms with van der Waals surface area (Å²) in [6.07, 6.45) is 85.9. The van der Waals surface area contributed by atoms with Gasteiger partial charge in [-0.25, -0.2) is 0 Å². The lowest BCUT2D eigenvalue weighted by molar-refractivity contribution is -0.167. The molecule has 0 radical (unpaired) electrons. The van der Waals surface area contributed by atoms with E-state index in [9.17, 15) is 14.4 Å². The number of rotatable bonds is 53. The first-order chi connectivity index (χ1) is 36.5. The second-order valence-electron chi connectivity index (χ2n) is 19.5. The second kappa shape index (κ2) is 61.1. The largest absolute Gasteiger partial charge is 0.462 e. The van der Waals surface area contributed by atoms with Crippen LogP contribution in [0, 0.1) is 0 Å². The van der Waals surface area contributed by atoms with Crippen LogP contribution in [0.1, 0.15) is 258 Å². The van der Waals surface area contributed by atoms with Crippen molar-refractivity contribution in [3.05, 3.63) is 134 Å². The van der Waals surface area contributed by atoms with Crippen LogP contribution in [-0.2, 0) is 28.6 Å². The molecule has 0 aromatic rings. The molecule has 6 nitrogen and oxygen atoms in total. The topological polar surface area (TPSA) is 78.9 Å². The van der Waals surface area contributed by atoms with Gasteiger partial charge in [-0.1, -0.05) is 244 Å². The van der Waals surface area contributed by atoms with Gasteiger partial charge in [0.05, 0.1) is 0 Å². The molecule has 0 aliphatic carbocycles. The lowest BCUT2D eigenvalue weighted by Gasteiger charge is -2.18. The van der Waals surface area contributed by atoms with Crippen LogP contribution in [0.5, 0.6) is 0 Å². The maximum Gasteiger partial charge on any atom is 0.306 e. The molecule has 0 spiro atoms. The molecule has 6 heteroatoms. The summed E-state index contributed by atoms with van der Waals surface area (Å²) in [5, 5.41) is 0. The SMILES string of the molecule is CC/C=C\C/C=C\C/C=C\C/C=C\C/C=C\CCCCCCCCCC(=O)OCC(COC(=O)CCCCCCC/C=C\CCCCCCCCC)OC(=O)CCC/C=C\C/C=C\C/C=C\C/C=C\C/C=C\CC. The number of unbranched alkanes of at least 4 members (excludes halogenated alkanes) is 20. The molecule has 1 unspecified atom stereocenters. The monoisotopic (exact) mass is 1020 g/mol. The molecule has 0 aromatic heterocycles. The third-order valence-electron chi connectivity index (χ3n) is 12.4. The fourth-order valence-electron chi connectivity index (χ4n) is 7.91. The molecule has 0 fully saturated rings. The van der Waals surface area contributed by atoms with Gasteiger partial charge in [0.1, 0.15) is 13.2 Å². The highest BCUT2D eigenvalue weighted by atomic mass is 16.6. The minimum atomic E-state index is -0.822. The first kappa shape index (κ1) is 69.5. The Morgan fingerprint density at radius 2 is 0.541 bits per heavy atom. The Bertz CT molecular complexity index is 1600. The lowest BCUT2D eigenvalue weighted by atomic mass is 10.1. The predicted octanol–water partition coefficient (Wildman–Crippen LogP) is 20.6. The molecule has 0 heterocycles. The van der Waals surface area contributed by atoms with E-state index in [0.29, 0.717) is 19.3 Å². The van der Waals surface area contributed by atoms with Crippen molar-refractivity contribution in [1.29, 1.82) is 0 Å². The van der Waals surface area contributed by atoms with Gasteiger partial charge in [-0.3, -0.25) is 14.4 Å². The Kier molecular flexibility index (Phi) is 57.4. The zero-order valence-corrected chi connectivity index (χ0v) is 47.8. The summed E-state index contributed by atoms with van der Waals surface area (Å²) in [4.78, 5) is 38.2. The van der Waals surface area contributed by atoms with Gasteiger partial charge >= 0.3 is 17.9 Å². The third-order valence-corrected chi connectivity index (χ3v) is 12.4. The molecule has 1 atom stereocenters. The molecule has 0 N–H and O–H groups in total. The molecule has 0 amide bonds. The molecular formula is C68H110O6. The van der Waals surface area contributed by atoms with Gasteiger partial charge in [-0.15, -0.1) is 0 Å². The molecule has 74 heavy (non-hydrogen) atoms. The van der Waals surface area contributed by atoms with Gasteiger partial charge in [0.2, 0.25) is 0 Å². The summed E-state index contributed by atoms with van der Waals surface area (Å²) in [6.45, 7) is 6.35.